The van der Waals surface area contributed by atoms with Gasteiger partial charge >= 0.3 is 0 Å². The Morgan fingerprint density at radius 2 is 1.25 bits per heavy atom. The summed E-state index contributed by atoms with van der Waals surface area (Å²) in [5, 5.41) is 15.9. The van der Waals surface area contributed by atoms with Crippen LogP contribution >= 0.6 is 0 Å². The zero-order valence-corrected chi connectivity index (χ0v) is 7.61. The average molecular weight is 208 g/mol. The van der Waals surface area contributed by atoms with Crippen LogP contribution in [-0.2, 0) is 0 Å². The highest BCUT2D eigenvalue weighted by Crippen LogP contribution is 1.89. The largest absolute Gasteiger partial charge is 0.291 e. The minimum absolute atomic E-state index is 0.538. The predicted molar refractivity (Wildman–Crippen MR) is 51.8 cm³/mol. The molecule has 6 nitrogen and oxygen atoms in total. The zero-order chi connectivity index (χ0) is 12.3. The highest BCUT2D eigenvalue weighted by atomic mass is 16.1. The highest BCUT2D eigenvalue weighted by Gasteiger charge is 2.16. The molecule has 0 aliphatic heterocycles. The Bertz CT molecular complexity index is 694. The van der Waals surface area contributed by atoms with Gasteiger partial charge < -0.3 is 0 Å². The molecule has 0 spiro atoms. The molecule has 0 aromatic heterocycles. The van der Waals surface area contributed by atoms with Crippen molar-refractivity contribution >= 4 is 11.4 Å². The van der Waals surface area contributed by atoms with Crippen LogP contribution in [0.1, 0.15) is 0 Å². The van der Waals surface area contributed by atoms with Crippen LogP contribution in [0, 0.1) is 35.8 Å². The first-order chi connectivity index (χ1) is 7.62. The van der Waals surface area contributed by atoms with Gasteiger partial charge in [-0.1, -0.05) is 0 Å². The van der Waals surface area contributed by atoms with Gasteiger partial charge in [-0.3, -0.25) is 9.59 Å². The number of hydrogen-bond donors (Lipinski definition) is 0. The van der Waals surface area contributed by atoms with Crippen LogP contribution in [0.5, 0.6) is 0 Å². The molecule has 0 saturated heterocycles. The van der Waals surface area contributed by atoms with E-state index < -0.39 is 32.7 Å². The van der Waals surface area contributed by atoms with Crippen molar-refractivity contribution in [3.63, 3.8) is 0 Å². The Balaban J connectivity index is 4.03. The van der Waals surface area contributed by atoms with Crippen LogP contribution in [0.25, 0.3) is 21.1 Å². The maximum absolute atomic E-state index is 11.4. The summed E-state index contributed by atoms with van der Waals surface area (Å²) in [6.45, 7) is 13.1. The topological polar surface area (TPSA) is 90.4 Å². The number of rotatable bonds is 0. The highest BCUT2D eigenvalue weighted by molar-refractivity contribution is 5.70. The molecule has 0 unspecified atom stereocenters. The summed E-state index contributed by atoms with van der Waals surface area (Å²) in [7, 11) is 0. The van der Waals surface area contributed by atoms with E-state index in [2.05, 4.69) is 9.69 Å². The molecule has 0 atom stereocenters. The zero-order valence-electron chi connectivity index (χ0n) is 7.61. The Morgan fingerprint density at radius 3 is 1.44 bits per heavy atom. The SMILES string of the molecule is [C-]#[N+]C(C#N)=c1c(=O)c(=C(C#N)[N+]#[C-])c1=O. The van der Waals surface area contributed by atoms with E-state index in [1.807, 2.05) is 0 Å². The molecule has 0 bridgehead atoms. The molecule has 1 aromatic carbocycles. The maximum atomic E-state index is 11.4. The van der Waals surface area contributed by atoms with E-state index in [9.17, 15) is 9.59 Å². The minimum atomic E-state index is -0.884. The molecule has 0 aliphatic carbocycles. The van der Waals surface area contributed by atoms with Crippen molar-refractivity contribution in [1.82, 2.24) is 0 Å². The van der Waals surface area contributed by atoms with Crippen molar-refractivity contribution in [2.24, 2.45) is 0 Å². The van der Waals surface area contributed by atoms with Crippen LogP contribution < -0.4 is 21.3 Å². The molecule has 0 amide bonds. The third kappa shape index (κ3) is 1.24. The molecule has 0 fully saturated rings. The van der Waals surface area contributed by atoms with E-state index in [1.54, 1.807) is 0 Å². The van der Waals surface area contributed by atoms with E-state index in [0.29, 0.717) is 0 Å². The van der Waals surface area contributed by atoms with Crippen LogP contribution in [0.3, 0.4) is 0 Å². The number of hydrogen-bond acceptors (Lipinski definition) is 4. The molecule has 0 aliphatic rings. The second-order valence-corrected chi connectivity index (χ2v) is 2.55. The van der Waals surface area contributed by atoms with E-state index in [0.717, 1.165) is 0 Å². The van der Waals surface area contributed by atoms with E-state index in [4.69, 9.17) is 23.7 Å². The Kier molecular flexibility index (Phi) is 2.63. The lowest BCUT2D eigenvalue weighted by atomic mass is 10.1. The van der Waals surface area contributed by atoms with Gasteiger partial charge in [-0.15, -0.1) is 0 Å². The smallest absolute Gasteiger partial charge is 0.276 e. The lowest BCUT2D eigenvalue weighted by Gasteiger charge is -1.91. The van der Waals surface area contributed by atoms with Crippen molar-refractivity contribution in [1.29, 1.82) is 10.5 Å². The Labute approximate surface area is 88.5 Å². The summed E-state index contributed by atoms with van der Waals surface area (Å²) in [5.41, 5.74) is -2.99. The van der Waals surface area contributed by atoms with Crippen LogP contribution in [0.15, 0.2) is 9.59 Å². The average Bonchev–Trinajstić information content (AvgIpc) is 2.32. The number of nitriles is 2. The third-order valence-electron chi connectivity index (χ3n) is 1.82. The molecule has 72 valence electrons. The van der Waals surface area contributed by atoms with Gasteiger partial charge in [0.25, 0.3) is 11.4 Å². The van der Waals surface area contributed by atoms with Gasteiger partial charge in [-0.2, -0.15) is 0 Å². The molecule has 1 rings (SSSR count). The van der Waals surface area contributed by atoms with Gasteiger partial charge in [0.05, 0.1) is 35.7 Å². The van der Waals surface area contributed by atoms with Gasteiger partial charge in [0, 0.05) is 0 Å². The summed E-state index contributed by atoms with van der Waals surface area (Å²) in [4.78, 5) is 28.2. The van der Waals surface area contributed by atoms with E-state index in [1.165, 1.54) is 12.1 Å². The van der Waals surface area contributed by atoms with Crippen LogP contribution in [0.4, 0.5) is 0 Å². The summed E-state index contributed by atoms with van der Waals surface area (Å²) in [5.74, 6) is 0. The van der Waals surface area contributed by atoms with Crippen molar-refractivity contribution in [3.05, 3.63) is 53.7 Å². The lowest BCUT2D eigenvalue weighted by Crippen LogP contribution is -2.65. The van der Waals surface area contributed by atoms with Gasteiger partial charge in [-0.05, 0) is 0 Å². The molecule has 0 saturated carbocycles. The third-order valence-corrected chi connectivity index (χ3v) is 1.82. The van der Waals surface area contributed by atoms with Crippen molar-refractivity contribution in [2.45, 2.75) is 0 Å². The monoisotopic (exact) mass is 208 g/mol. The fourth-order valence-corrected chi connectivity index (χ4v) is 1.10. The second kappa shape index (κ2) is 3.88. The Morgan fingerprint density at radius 1 is 0.938 bits per heavy atom. The number of nitrogens with zero attached hydrogens (tertiary/aromatic N) is 4. The molecule has 1 aromatic rings. The van der Waals surface area contributed by atoms with Crippen LogP contribution in [-0.4, -0.2) is 0 Å². The molecule has 16 heavy (non-hydrogen) atoms. The summed E-state index contributed by atoms with van der Waals surface area (Å²) in [6.07, 6.45) is 0. The Hall–Kier alpha value is -3.22. The normalized spacial score (nSPS) is 8.25. The van der Waals surface area contributed by atoms with E-state index in [-0.39, 0.29) is 0 Å². The molecule has 0 N–H and O–H groups in total. The van der Waals surface area contributed by atoms with E-state index >= 15 is 0 Å². The summed E-state index contributed by atoms with van der Waals surface area (Å²) in [6, 6.07) is 2.82. The minimum Gasteiger partial charge on any atom is -0.291 e. The molecule has 6 heteroatoms. The summed E-state index contributed by atoms with van der Waals surface area (Å²) < 4.78 is 0. The molecular formula is C10N4O2. The maximum Gasteiger partial charge on any atom is 0.276 e. The second-order valence-electron chi connectivity index (χ2n) is 2.55. The van der Waals surface area contributed by atoms with Crippen LogP contribution in [0.2, 0.25) is 0 Å². The van der Waals surface area contributed by atoms with Crippen molar-refractivity contribution in [3.8, 4) is 12.1 Å². The van der Waals surface area contributed by atoms with Gasteiger partial charge in [0.15, 0.2) is 10.9 Å². The predicted octanol–water partition coefficient (Wildman–Crippen LogP) is -1.62. The van der Waals surface area contributed by atoms with Gasteiger partial charge in [0.1, 0.15) is 0 Å². The van der Waals surface area contributed by atoms with Gasteiger partial charge in [-0.25, -0.2) is 20.2 Å². The molecule has 0 radical (unpaired) electrons. The quantitative estimate of drug-likeness (QED) is 0.479. The van der Waals surface area contributed by atoms with Gasteiger partial charge in [0.2, 0.25) is 0 Å². The fourth-order valence-electron chi connectivity index (χ4n) is 1.10. The first-order valence-corrected chi connectivity index (χ1v) is 3.75. The first kappa shape index (κ1) is 10.9. The molecular weight excluding hydrogens is 208 g/mol. The first-order valence-electron chi connectivity index (χ1n) is 3.75. The fraction of sp³-hybridized carbons (Fsp3) is 0. The standard InChI is InChI=1S/C10N4O2/c1-13-5(3-11)7-9(15)8(10(7)16)6(4-12)14-2. The van der Waals surface area contributed by atoms with Crippen molar-refractivity contribution in [2.75, 3.05) is 0 Å². The lowest BCUT2D eigenvalue weighted by molar-refractivity contribution is 1.25. The van der Waals surface area contributed by atoms with Crippen molar-refractivity contribution < 1.29 is 0 Å². The summed E-state index contributed by atoms with van der Waals surface area (Å²) >= 11 is 0. The molecule has 0 heterocycles.